The van der Waals surface area contributed by atoms with Crippen LogP contribution in [0.1, 0.15) is 12.8 Å². The van der Waals surface area contributed by atoms with E-state index in [1.165, 1.54) is 7.11 Å². The number of primary amides is 1. The fraction of sp³-hybridized carbons (Fsp3) is 0.500. The zero-order valence-electron chi connectivity index (χ0n) is 7.28. The zero-order chi connectivity index (χ0) is 9.84. The lowest BCUT2D eigenvalue weighted by Crippen LogP contribution is -2.31. The average Bonchev–Trinajstić information content (AvgIpc) is 2.17. The molecule has 5 heteroatoms. The summed E-state index contributed by atoms with van der Waals surface area (Å²) in [5.74, 6) is -1.10. The summed E-state index contributed by atoms with van der Waals surface area (Å²) in [5, 5.41) is 0. The summed E-state index contributed by atoms with van der Waals surface area (Å²) in [4.78, 5) is 21.7. The SMILES string of the molecule is COC(=O)[C@@H]1CCC=C(C(N)=O)O1. The number of esters is 1. The van der Waals surface area contributed by atoms with Gasteiger partial charge in [-0.2, -0.15) is 0 Å². The molecule has 1 amide bonds. The molecule has 2 N–H and O–H groups in total. The molecule has 1 rings (SSSR count). The Morgan fingerprint density at radius 3 is 2.92 bits per heavy atom. The number of carbonyl (C=O) groups excluding carboxylic acids is 2. The lowest BCUT2D eigenvalue weighted by Gasteiger charge is -2.20. The van der Waals surface area contributed by atoms with E-state index in [1.807, 2.05) is 0 Å². The third-order valence-corrected chi connectivity index (χ3v) is 1.73. The zero-order valence-corrected chi connectivity index (χ0v) is 7.28. The quantitative estimate of drug-likeness (QED) is 0.599. The summed E-state index contributed by atoms with van der Waals surface area (Å²) < 4.78 is 9.49. The first-order chi connectivity index (χ1) is 6.15. The van der Waals surface area contributed by atoms with Gasteiger partial charge in [-0.05, 0) is 18.9 Å². The third kappa shape index (κ3) is 2.21. The molecule has 0 unspecified atom stereocenters. The Kier molecular flexibility index (Phi) is 2.89. The fourth-order valence-electron chi connectivity index (χ4n) is 1.08. The van der Waals surface area contributed by atoms with Crippen molar-refractivity contribution in [2.75, 3.05) is 7.11 Å². The summed E-state index contributed by atoms with van der Waals surface area (Å²) >= 11 is 0. The molecule has 0 fully saturated rings. The van der Waals surface area contributed by atoms with Crippen LogP contribution >= 0.6 is 0 Å². The van der Waals surface area contributed by atoms with Gasteiger partial charge in [0.2, 0.25) is 0 Å². The second kappa shape index (κ2) is 3.93. The maximum absolute atomic E-state index is 11.0. The Bertz CT molecular complexity index is 259. The first-order valence-corrected chi connectivity index (χ1v) is 3.89. The van der Waals surface area contributed by atoms with Crippen LogP contribution in [0.3, 0.4) is 0 Å². The summed E-state index contributed by atoms with van der Waals surface area (Å²) in [5.41, 5.74) is 4.99. The van der Waals surface area contributed by atoms with Crippen molar-refractivity contribution in [3.63, 3.8) is 0 Å². The van der Waals surface area contributed by atoms with Gasteiger partial charge in [-0.15, -0.1) is 0 Å². The molecule has 0 aliphatic carbocycles. The van der Waals surface area contributed by atoms with E-state index in [2.05, 4.69) is 4.74 Å². The smallest absolute Gasteiger partial charge is 0.347 e. The highest BCUT2D eigenvalue weighted by Crippen LogP contribution is 2.17. The normalized spacial score (nSPS) is 21.3. The molecule has 0 bridgehead atoms. The molecule has 1 aliphatic rings. The van der Waals surface area contributed by atoms with E-state index >= 15 is 0 Å². The lowest BCUT2D eigenvalue weighted by atomic mass is 10.1. The predicted molar refractivity (Wildman–Crippen MR) is 43.4 cm³/mol. The van der Waals surface area contributed by atoms with E-state index in [4.69, 9.17) is 10.5 Å². The van der Waals surface area contributed by atoms with Crippen molar-refractivity contribution >= 4 is 11.9 Å². The number of ether oxygens (including phenoxy) is 2. The van der Waals surface area contributed by atoms with Gasteiger partial charge in [-0.3, -0.25) is 4.79 Å². The molecule has 0 saturated carbocycles. The molecule has 72 valence electrons. The molecule has 1 heterocycles. The van der Waals surface area contributed by atoms with E-state index in [0.29, 0.717) is 12.8 Å². The number of rotatable bonds is 2. The van der Waals surface area contributed by atoms with Gasteiger partial charge in [-0.1, -0.05) is 0 Å². The molecule has 0 spiro atoms. The van der Waals surface area contributed by atoms with Crippen molar-refractivity contribution in [3.05, 3.63) is 11.8 Å². The van der Waals surface area contributed by atoms with Crippen LogP contribution in [0, 0.1) is 0 Å². The van der Waals surface area contributed by atoms with E-state index in [0.717, 1.165) is 0 Å². The van der Waals surface area contributed by atoms with Crippen molar-refractivity contribution in [1.29, 1.82) is 0 Å². The topological polar surface area (TPSA) is 78.6 Å². The largest absolute Gasteiger partial charge is 0.473 e. The first-order valence-electron chi connectivity index (χ1n) is 3.89. The average molecular weight is 185 g/mol. The summed E-state index contributed by atoms with van der Waals surface area (Å²) in [6.45, 7) is 0. The highest BCUT2D eigenvalue weighted by molar-refractivity contribution is 5.90. The Balaban J connectivity index is 2.62. The summed E-state index contributed by atoms with van der Waals surface area (Å²) in [6.07, 6.45) is 1.99. The molecule has 0 aromatic rings. The number of methoxy groups -OCH3 is 1. The molecule has 0 radical (unpaired) electrons. The van der Waals surface area contributed by atoms with Crippen LogP contribution in [0.15, 0.2) is 11.8 Å². The van der Waals surface area contributed by atoms with Crippen LogP contribution in [-0.2, 0) is 19.1 Å². The Morgan fingerprint density at radius 2 is 2.38 bits per heavy atom. The first kappa shape index (κ1) is 9.57. The lowest BCUT2D eigenvalue weighted by molar-refractivity contribution is -0.153. The maximum atomic E-state index is 11.0. The maximum Gasteiger partial charge on any atom is 0.347 e. The molecule has 0 saturated heterocycles. The van der Waals surface area contributed by atoms with Crippen LogP contribution in [0.4, 0.5) is 0 Å². The second-order valence-electron chi connectivity index (χ2n) is 2.64. The van der Waals surface area contributed by atoms with Crippen molar-refractivity contribution < 1.29 is 19.1 Å². The van der Waals surface area contributed by atoms with Gasteiger partial charge in [0.05, 0.1) is 7.11 Å². The van der Waals surface area contributed by atoms with E-state index < -0.39 is 18.0 Å². The van der Waals surface area contributed by atoms with Crippen LogP contribution in [-0.4, -0.2) is 25.1 Å². The van der Waals surface area contributed by atoms with E-state index in [1.54, 1.807) is 6.08 Å². The van der Waals surface area contributed by atoms with Gasteiger partial charge in [0.25, 0.3) is 5.91 Å². The van der Waals surface area contributed by atoms with Crippen molar-refractivity contribution in [2.45, 2.75) is 18.9 Å². The molecular weight excluding hydrogens is 174 g/mol. The molecule has 0 aromatic carbocycles. The Hall–Kier alpha value is -1.52. The molecule has 13 heavy (non-hydrogen) atoms. The molecule has 5 nitrogen and oxygen atoms in total. The number of nitrogens with two attached hydrogens (primary N) is 1. The van der Waals surface area contributed by atoms with Gasteiger partial charge in [-0.25, -0.2) is 4.79 Å². The van der Waals surface area contributed by atoms with Crippen molar-refractivity contribution in [3.8, 4) is 0 Å². The number of amides is 1. The van der Waals surface area contributed by atoms with Crippen molar-refractivity contribution in [2.24, 2.45) is 5.73 Å². The third-order valence-electron chi connectivity index (χ3n) is 1.73. The van der Waals surface area contributed by atoms with Gasteiger partial charge in [0.15, 0.2) is 11.9 Å². The highest BCUT2D eigenvalue weighted by atomic mass is 16.6. The number of hydrogen-bond acceptors (Lipinski definition) is 4. The molecular formula is C8H11NO4. The fourth-order valence-corrected chi connectivity index (χ4v) is 1.08. The Labute approximate surface area is 75.5 Å². The Morgan fingerprint density at radius 1 is 1.69 bits per heavy atom. The minimum Gasteiger partial charge on any atom is -0.473 e. The summed E-state index contributed by atoms with van der Waals surface area (Å²) in [7, 11) is 1.27. The minimum atomic E-state index is -0.697. The second-order valence-corrected chi connectivity index (χ2v) is 2.64. The predicted octanol–water partition coefficient (Wildman–Crippen LogP) is -0.292. The van der Waals surface area contributed by atoms with E-state index in [9.17, 15) is 9.59 Å². The van der Waals surface area contributed by atoms with Crippen LogP contribution < -0.4 is 5.73 Å². The standard InChI is InChI=1S/C8H11NO4/c1-12-8(11)6-4-2-3-5(13-6)7(9)10/h3,6H,2,4H2,1H3,(H2,9,10)/t6-/m0/s1. The highest BCUT2D eigenvalue weighted by Gasteiger charge is 2.26. The van der Waals surface area contributed by atoms with Crippen LogP contribution in [0.25, 0.3) is 0 Å². The van der Waals surface area contributed by atoms with Gasteiger partial charge < -0.3 is 15.2 Å². The van der Waals surface area contributed by atoms with Gasteiger partial charge in [0.1, 0.15) is 0 Å². The number of carbonyl (C=O) groups is 2. The monoisotopic (exact) mass is 185 g/mol. The molecule has 0 aromatic heterocycles. The number of hydrogen-bond donors (Lipinski definition) is 1. The molecule has 1 atom stereocenters. The van der Waals surface area contributed by atoms with Gasteiger partial charge in [0, 0.05) is 0 Å². The van der Waals surface area contributed by atoms with Crippen LogP contribution in [0.2, 0.25) is 0 Å². The van der Waals surface area contributed by atoms with Crippen LogP contribution in [0.5, 0.6) is 0 Å². The van der Waals surface area contributed by atoms with E-state index in [-0.39, 0.29) is 5.76 Å². The van der Waals surface area contributed by atoms with Crippen molar-refractivity contribution in [1.82, 2.24) is 0 Å². The van der Waals surface area contributed by atoms with Gasteiger partial charge >= 0.3 is 5.97 Å². The summed E-state index contributed by atoms with van der Waals surface area (Å²) in [6, 6.07) is 0. The molecule has 1 aliphatic heterocycles. The minimum absolute atomic E-state index is 0.0432. The number of allylic oxidation sites excluding steroid dienone is 1.